The number of halogens is 1. The van der Waals surface area contributed by atoms with Crippen molar-refractivity contribution in [2.24, 2.45) is 0 Å². The maximum atomic E-state index is 11.4. The highest BCUT2D eigenvalue weighted by atomic mass is 35.5. The van der Waals surface area contributed by atoms with E-state index in [0.717, 1.165) is 0 Å². The van der Waals surface area contributed by atoms with E-state index in [2.05, 4.69) is 15.6 Å². The van der Waals surface area contributed by atoms with Gasteiger partial charge in [-0.3, -0.25) is 4.79 Å². The Morgan fingerprint density at radius 2 is 2.06 bits per heavy atom. The summed E-state index contributed by atoms with van der Waals surface area (Å²) < 4.78 is 1.38. The minimum Gasteiger partial charge on any atom is -0.382 e. The Morgan fingerprint density at radius 3 is 2.65 bits per heavy atom. The number of carbonyl (C=O) groups is 1. The first-order chi connectivity index (χ1) is 8.13. The van der Waals surface area contributed by atoms with E-state index < -0.39 is 0 Å². The minimum absolute atomic E-state index is 0.0995. The van der Waals surface area contributed by atoms with Gasteiger partial charge in [0, 0.05) is 12.1 Å². The van der Waals surface area contributed by atoms with Crippen LogP contribution in [0.25, 0.3) is 5.69 Å². The highest BCUT2D eigenvalue weighted by molar-refractivity contribution is 6.30. The molecule has 1 heterocycles. The van der Waals surface area contributed by atoms with Gasteiger partial charge in [0.2, 0.25) is 0 Å². The molecule has 3 N–H and O–H groups in total. The number of rotatable bonds is 2. The van der Waals surface area contributed by atoms with Gasteiger partial charge in [0.25, 0.3) is 5.91 Å². The van der Waals surface area contributed by atoms with Gasteiger partial charge in [-0.1, -0.05) is 16.8 Å². The molecule has 0 radical (unpaired) electrons. The fourth-order valence-electron chi connectivity index (χ4n) is 1.34. The molecule has 2 aromatic rings. The topological polar surface area (TPSA) is 85.8 Å². The van der Waals surface area contributed by atoms with Crippen molar-refractivity contribution in [3.05, 3.63) is 35.0 Å². The highest BCUT2D eigenvalue weighted by Gasteiger charge is 2.16. The molecule has 7 heteroatoms. The first-order valence-electron chi connectivity index (χ1n) is 4.82. The van der Waals surface area contributed by atoms with Crippen molar-refractivity contribution in [2.75, 3.05) is 12.8 Å². The quantitative estimate of drug-likeness (QED) is 0.829. The van der Waals surface area contributed by atoms with Gasteiger partial charge in [-0.2, -0.15) is 4.68 Å². The molecule has 0 unspecified atom stereocenters. The molecule has 0 saturated heterocycles. The summed E-state index contributed by atoms with van der Waals surface area (Å²) in [5, 5.41) is 10.6. The van der Waals surface area contributed by atoms with Gasteiger partial charge in [0.1, 0.15) is 0 Å². The minimum atomic E-state index is -0.372. The predicted octanol–water partition coefficient (Wildman–Crippen LogP) is 0.863. The van der Waals surface area contributed by atoms with Crippen LogP contribution >= 0.6 is 11.6 Å². The zero-order valence-corrected chi connectivity index (χ0v) is 9.77. The molecular formula is C10H10ClN5O. The van der Waals surface area contributed by atoms with Crippen molar-refractivity contribution in [1.82, 2.24) is 20.3 Å². The lowest BCUT2D eigenvalue weighted by Gasteiger charge is -2.02. The predicted molar refractivity (Wildman–Crippen MR) is 64.2 cm³/mol. The van der Waals surface area contributed by atoms with Crippen LogP contribution in [0, 0.1) is 0 Å². The van der Waals surface area contributed by atoms with Crippen LogP contribution in [0.5, 0.6) is 0 Å². The zero-order valence-electron chi connectivity index (χ0n) is 9.01. The molecule has 1 aromatic carbocycles. The number of hydrogen-bond acceptors (Lipinski definition) is 4. The average Bonchev–Trinajstić information content (AvgIpc) is 2.71. The molecule has 88 valence electrons. The fourth-order valence-corrected chi connectivity index (χ4v) is 1.47. The number of benzene rings is 1. The number of amides is 1. The number of nitrogens with one attached hydrogen (secondary N) is 1. The SMILES string of the molecule is CNC(=O)c1nnn(-c2ccc(Cl)cc2)c1N. The fraction of sp³-hybridized carbons (Fsp3) is 0.100. The van der Waals surface area contributed by atoms with Gasteiger partial charge in [0.15, 0.2) is 11.5 Å². The molecule has 17 heavy (non-hydrogen) atoms. The lowest BCUT2D eigenvalue weighted by Crippen LogP contribution is -2.19. The Balaban J connectivity index is 2.44. The summed E-state index contributed by atoms with van der Waals surface area (Å²) in [6, 6.07) is 6.89. The van der Waals surface area contributed by atoms with Crippen molar-refractivity contribution >= 4 is 23.3 Å². The van der Waals surface area contributed by atoms with Crippen LogP contribution in [0.15, 0.2) is 24.3 Å². The van der Waals surface area contributed by atoms with E-state index in [0.29, 0.717) is 10.7 Å². The molecule has 2 rings (SSSR count). The van der Waals surface area contributed by atoms with Gasteiger partial charge in [0.05, 0.1) is 5.69 Å². The summed E-state index contributed by atoms with van der Waals surface area (Å²) >= 11 is 5.78. The summed E-state index contributed by atoms with van der Waals surface area (Å²) in [6.07, 6.45) is 0. The Morgan fingerprint density at radius 1 is 1.41 bits per heavy atom. The molecule has 1 amide bonds. The van der Waals surface area contributed by atoms with E-state index in [4.69, 9.17) is 17.3 Å². The number of nitrogens with two attached hydrogens (primary N) is 1. The second-order valence-corrected chi connectivity index (χ2v) is 3.73. The third-order valence-electron chi connectivity index (χ3n) is 2.22. The third kappa shape index (κ3) is 2.07. The Kier molecular flexibility index (Phi) is 2.97. The van der Waals surface area contributed by atoms with Crippen LogP contribution in [0.4, 0.5) is 5.82 Å². The molecule has 0 fully saturated rings. The molecule has 0 spiro atoms. The number of nitrogens with zero attached hydrogens (tertiary/aromatic N) is 3. The van der Waals surface area contributed by atoms with E-state index in [-0.39, 0.29) is 17.4 Å². The van der Waals surface area contributed by atoms with Crippen molar-refractivity contribution in [3.63, 3.8) is 0 Å². The summed E-state index contributed by atoms with van der Waals surface area (Å²) in [5.74, 6) is -0.186. The van der Waals surface area contributed by atoms with Crippen molar-refractivity contribution < 1.29 is 4.79 Å². The standard InChI is InChI=1S/C10H10ClN5O/c1-13-10(17)8-9(12)16(15-14-8)7-4-2-6(11)3-5-7/h2-5H,12H2,1H3,(H,13,17). The summed E-state index contributed by atoms with van der Waals surface area (Å²) in [5.41, 5.74) is 6.58. The van der Waals surface area contributed by atoms with Crippen molar-refractivity contribution in [3.8, 4) is 5.69 Å². The molecule has 0 atom stereocenters. The third-order valence-corrected chi connectivity index (χ3v) is 2.47. The Labute approximate surface area is 102 Å². The average molecular weight is 252 g/mol. The summed E-state index contributed by atoms with van der Waals surface area (Å²) in [6.45, 7) is 0. The number of anilines is 1. The van der Waals surface area contributed by atoms with Crippen molar-refractivity contribution in [1.29, 1.82) is 0 Å². The van der Waals surface area contributed by atoms with Gasteiger partial charge < -0.3 is 11.1 Å². The maximum Gasteiger partial charge on any atom is 0.275 e. The van der Waals surface area contributed by atoms with Crippen LogP contribution < -0.4 is 11.1 Å². The van der Waals surface area contributed by atoms with E-state index in [1.807, 2.05) is 0 Å². The van der Waals surface area contributed by atoms with Crippen LogP contribution in [0.2, 0.25) is 5.02 Å². The van der Waals surface area contributed by atoms with Crippen molar-refractivity contribution in [2.45, 2.75) is 0 Å². The molecule has 0 bridgehead atoms. The van der Waals surface area contributed by atoms with Crippen LogP contribution in [0.3, 0.4) is 0 Å². The van der Waals surface area contributed by atoms with E-state index in [9.17, 15) is 4.79 Å². The van der Waals surface area contributed by atoms with E-state index in [1.54, 1.807) is 24.3 Å². The molecular weight excluding hydrogens is 242 g/mol. The summed E-state index contributed by atoms with van der Waals surface area (Å²) in [4.78, 5) is 11.4. The van der Waals surface area contributed by atoms with E-state index in [1.165, 1.54) is 11.7 Å². The number of nitrogen functional groups attached to an aromatic ring is 1. The molecule has 0 aliphatic rings. The summed E-state index contributed by atoms with van der Waals surface area (Å²) in [7, 11) is 1.50. The number of hydrogen-bond donors (Lipinski definition) is 2. The Bertz CT molecular complexity index is 548. The van der Waals surface area contributed by atoms with Gasteiger partial charge in [-0.25, -0.2) is 0 Å². The number of aromatic nitrogens is 3. The molecule has 0 aliphatic heterocycles. The number of carbonyl (C=O) groups excluding carboxylic acids is 1. The lowest BCUT2D eigenvalue weighted by molar-refractivity contribution is 0.0959. The zero-order chi connectivity index (χ0) is 12.4. The largest absolute Gasteiger partial charge is 0.382 e. The van der Waals surface area contributed by atoms with Crippen LogP contribution in [-0.4, -0.2) is 27.9 Å². The maximum absolute atomic E-state index is 11.4. The monoisotopic (exact) mass is 251 g/mol. The van der Waals surface area contributed by atoms with E-state index >= 15 is 0 Å². The first-order valence-corrected chi connectivity index (χ1v) is 5.20. The molecule has 0 saturated carbocycles. The first kappa shape index (κ1) is 11.4. The van der Waals surface area contributed by atoms with Gasteiger partial charge >= 0.3 is 0 Å². The second kappa shape index (κ2) is 4.42. The Hall–Kier alpha value is -2.08. The lowest BCUT2D eigenvalue weighted by atomic mass is 10.3. The van der Waals surface area contributed by atoms with Crippen LogP contribution in [-0.2, 0) is 0 Å². The second-order valence-electron chi connectivity index (χ2n) is 3.29. The molecule has 1 aromatic heterocycles. The van der Waals surface area contributed by atoms with Crippen LogP contribution in [0.1, 0.15) is 10.5 Å². The molecule has 6 nitrogen and oxygen atoms in total. The van der Waals surface area contributed by atoms with Gasteiger partial charge in [-0.05, 0) is 24.3 Å². The highest BCUT2D eigenvalue weighted by Crippen LogP contribution is 2.17. The normalized spacial score (nSPS) is 10.2. The molecule has 0 aliphatic carbocycles. The smallest absolute Gasteiger partial charge is 0.275 e. The van der Waals surface area contributed by atoms with Gasteiger partial charge in [-0.15, -0.1) is 5.10 Å².